The number of rotatable bonds is 3. The lowest BCUT2D eigenvalue weighted by Gasteiger charge is -2.21. The van der Waals surface area contributed by atoms with Crippen LogP contribution in [-0.2, 0) is 10.0 Å². The number of carboxylic acid groups (broad SMARTS) is 1. The predicted octanol–water partition coefficient (Wildman–Crippen LogP) is 1.68. The molecule has 0 aromatic heterocycles. The summed E-state index contributed by atoms with van der Waals surface area (Å²) in [5, 5.41) is 11.8. The molecule has 1 aliphatic rings. The van der Waals surface area contributed by atoms with E-state index in [-0.39, 0.29) is 14.9 Å². The maximum absolute atomic E-state index is 12.6. The van der Waals surface area contributed by atoms with Gasteiger partial charge in [-0.3, -0.25) is 0 Å². The van der Waals surface area contributed by atoms with Crippen molar-refractivity contribution in [2.24, 2.45) is 0 Å². The van der Waals surface area contributed by atoms with Crippen molar-refractivity contribution in [2.45, 2.75) is 11.3 Å². The van der Waals surface area contributed by atoms with Gasteiger partial charge in [0.05, 0.1) is 15.6 Å². The van der Waals surface area contributed by atoms with Gasteiger partial charge >= 0.3 is 5.97 Å². The summed E-state index contributed by atoms with van der Waals surface area (Å²) in [6.45, 7) is 1.94. The van der Waals surface area contributed by atoms with E-state index in [4.69, 9.17) is 28.3 Å². The second kappa shape index (κ2) is 6.50. The van der Waals surface area contributed by atoms with Gasteiger partial charge in [0.15, 0.2) is 0 Å². The molecule has 0 unspecified atom stereocenters. The van der Waals surface area contributed by atoms with Crippen molar-refractivity contribution in [2.75, 3.05) is 26.2 Å². The van der Waals surface area contributed by atoms with Gasteiger partial charge in [0, 0.05) is 19.6 Å². The minimum atomic E-state index is -3.85. The highest BCUT2D eigenvalue weighted by atomic mass is 35.5. The molecule has 6 nitrogen and oxygen atoms in total. The first-order valence-electron chi connectivity index (χ1n) is 6.28. The molecule has 0 radical (unpaired) electrons. The maximum Gasteiger partial charge on any atom is 0.338 e. The van der Waals surface area contributed by atoms with Crippen LogP contribution in [0.3, 0.4) is 0 Å². The predicted molar refractivity (Wildman–Crippen MR) is 79.7 cm³/mol. The molecule has 0 saturated carbocycles. The molecule has 1 fully saturated rings. The van der Waals surface area contributed by atoms with E-state index in [9.17, 15) is 13.2 Å². The summed E-state index contributed by atoms with van der Waals surface area (Å²) in [6.07, 6.45) is 0.677. The van der Waals surface area contributed by atoms with Crippen LogP contribution in [0.15, 0.2) is 17.0 Å². The van der Waals surface area contributed by atoms with Crippen LogP contribution >= 0.6 is 23.2 Å². The zero-order valence-electron chi connectivity index (χ0n) is 11.0. The third-order valence-electron chi connectivity index (χ3n) is 3.19. The van der Waals surface area contributed by atoms with Crippen molar-refractivity contribution in [3.8, 4) is 0 Å². The quantitative estimate of drug-likeness (QED) is 0.863. The zero-order valence-corrected chi connectivity index (χ0v) is 13.3. The highest BCUT2D eigenvalue weighted by Crippen LogP contribution is 2.32. The number of aromatic carboxylic acids is 1. The summed E-state index contributed by atoms with van der Waals surface area (Å²) in [5.74, 6) is -1.36. The Morgan fingerprint density at radius 1 is 1.24 bits per heavy atom. The molecule has 2 N–H and O–H groups in total. The number of sulfonamides is 1. The van der Waals surface area contributed by atoms with Gasteiger partial charge in [-0.05, 0) is 25.1 Å². The average Bonchev–Trinajstić information content (AvgIpc) is 2.67. The molecule has 0 aliphatic carbocycles. The number of benzene rings is 1. The molecule has 1 aliphatic heterocycles. The number of hydrogen-bond acceptors (Lipinski definition) is 4. The first kappa shape index (κ1) is 16.5. The van der Waals surface area contributed by atoms with Crippen LogP contribution in [0.1, 0.15) is 16.8 Å². The highest BCUT2D eigenvalue weighted by Gasteiger charge is 2.30. The fraction of sp³-hybridized carbons (Fsp3) is 0.417. The number of carbonyl (C=O) groups is 1. The molecule has 0 spiro atoms. The zero-order chi connectivity index (χ0) is 15.6. The Kier molecular flexibility index (Phi) is 5.11. The Bertz CT molecular complexity index is 655. The normalized spacial score (nSPS) is 17.4. The van der Waals surface area contributed by atoms with Crippen molar-refractivity contribution in [3.05, 3.63) is 27.7 Å². The molecule has 1 aromatic rings. The summed E-state index contributed by atoms with van der Waals surface area (Å²) >= 11 is 11.7. The topological polar surface area (TPSA) is 86.7 Å². The summed E-state index contributed by atoms with van der Waals surface area (Å²) in [5.41, 5.74) is -0.396. The van der Waals surface area contributed by atoms with Crippen LogP contribution < -0.4 is 5.32 Å². The van der Waals surface area contributed by atoms with Gasteiger partial charge in [-0.2, -0.15) is 4.31 Å². The standard InChI is InChI=1S/C12H14Cl2N2O4S/c13-8-2-3-9(11(14)10(8)12(17)18)21(19,20)16-6-1-4-15-5-7-16/h2-3,15H,1,4-7H2,(H,17,18). The average molecular weight is 353 g/mol. The Morgan fingerprint density at radius 3 is 2.62 bits per heavy atom. The van der Waals surface area contributed by atoms with Gasteiger partial charge in [-0.25, -0.2) is 13.2 Å². The fourth-order valence-corrected chi connectivity index (χ4v) is 4.50. The first-order chi connectivity index (χ1) is 9.85. The summed E-state index contributed by atoms with van der Waals surface area (Å²) in [7, 11) is -3.85. The molecule has 0 amide bonds. The molecule has 1 heterocycles. The van der Waals surface area contributed by atoms with Crippen molar-refractivity contribution < 1.29 is 18.3 Å². The van der Waals surface area contributed by atoms with Crippen molar-refractivity contribution in [3.63, 3.8) is 0 Å². The highest BCUT2D eigenvalue weighted by molar-refractivity contribution is 7.89. The number of hydrogen-bond donors (Lipinski definition) is 2. The monoisotopic (exact) mass is 352 g/mol. The van der Waals surface area contributed by atoms with Gasteiger partial charge < -0.3 is 10.4 Å². The minimum absolute atomic E-state index is 0.0935. The lowest BCUT2D eigenvalue weighted by Crippen LogP contribution is -2.34. The Balaban J connectivity index is 2.49. The van der Waals surface area contributed by atoms with E-state index in [2.05, 4.69) is 5.32 Å². The molecule has 116 valence electrons. The SMILES string of the molecule is O=C(O)c1c(Cl)ccc(S(=O)(=O)N2CCCNCC2)c1Cl. The number of halogens is 2. The van der Waals surface area contributed by atoms with Crippen LogP contribution in [-0.4, -0.2) is 50.0 Å². The Morgan fingerprint density at radius 2 is 1.95 bits per heavy atom. The Hall–Kier alpha value is -0.860. The van der Waals surface area contributed by atoms with Crippen LogP contribution in [0.25, 0.3) is 0 Å². The largest absolute Gasteiger partial charge is 0.478 e. The lowest BCUT2D eigenvalue weighted by atomic mass is 10.2. The second-order valence-electron chi connectivity index (χ2n) is 4.55. The summed E-state index contributed by atoms with van der Waals surface area (Å²) in [4.78, 5) is 10.9. The van der Waals surface area contributed by atoms with Gasteiger partial charge in [0.25, 0.3) is 0 Å². The van der Waals surface area contributed by atoms with Crippen molar-refractivity contribution >= 4 is 39.2 Å². The fourth-order valence-electron chi connectivity index (χ4n) is 2.13. The molecule has 0 bridgehead atoms. The van der Waals surface area contributed by atoms with Crippen molar-refractivity contribution in [1.82, 2.24) is 9.62 Å². The van der Waals surface area contributed by atoms with Gasteiger partial charge in [0.2, 0.25) is 10.0 Å². The van der Waals surface area contributed by atoms with Gasteiger partial charge in [-0.1, -0.05) is 23.2 Å². The lowest BCUT2D eigenvalue weighted by molar-refractivity contribution is 0.0697. The summed E-state index contributed by atoms with van der Waals surface area (Å²) in [6, 6.07) is 2.48. The van der Waals surface area contributed by atoms with E-state index >= 15 is 0 Å². The number of nitrogens with one attached hydrogen (secondary N) is 1. The van der Waals surface area contributed by atoms with E-state index in [0.29, 0.717) is 26.1 Å². The van der Waals surface area contributed by atoms with E-state index in [1.807, 2.05) is 0 Å². The second-order valence-corrected chi connectivity index (χ2v) is 7.24. The van der Waals surface area contributed by atoms with Gasteiger partial charge in [0.1, 0.15) is 4.90 Å². The third kappa shape index (κ3) is 3.32. The van der Waals surface area contributed by atoms with Gasteiger partial charge in [-0.15, -0.1) is 0 Å². The van der Waals surface area contributed by atoms with Crippen molar-refractivity contribution in [1.29, 1.82) is 0 Å². The van der Waals surface area contributed by atoms with Crippen LogP contribution in [0.5, 0.6) is 0 Å². The molecule has 1 saturated heterocycles. The minimum Gasteiger partial charge on any atom is -0.478 e. The van der Waals surface area contributed by atoms with Crippen LogP contribution in [0.4, 0.5) is 0 Å². The first-order valence-corrected chi connectivity index (χ1v) is 8.47. The molecule has 2 rings (SSSR count). The summed E-state index contributed by atoms with van der Waals surface area (Å²) < 4.78 is 26.5. The number of nitrogens with zero attached hydrogens (tertiary/aromatic N) is 1. The molecule has 1 aromatic carbocycles. The molecule has 21 heavy (non-hydrogen) atoms. The number of carboxylic acids is 1. The molecular weight excluding hydrogens is 339 g/mol. The maximum atomic E-state index is 12.6. The molecule has 0 atom stereocenters. The molecule has 9 heteroatoms. The Labute approximate surface area is 132 Å². The van der Waals surface area contributed by atoms with Crippen LogP contribution in [0.2, 0.25) is 10.0 Å². The molecular formula is C12H14Cl2N2O4S. The van der Waals surface area contributed by atoms with Crippen LogP contribution in [0, 0.1) is 0 Å². The van der Waals surface area contributed by atoms with E-state index in [0.717, 1.165) is 6.54 Å². The van der Waals surface area contributed by atoms with E-state index in [1.165, 1.54) is 16.4 Å². The van der Waals surface area contributed by atoms with E-state index in [1.54, 1.807) is 0 Å². The smallest absolute Gasteiger partial charge is 0.338 e. The third-order valence-corrected chi connectivity index (χ3v) is 5.95. The van der Waals surface area contributed by atoms with E-state index < -0.39 is 21.6 Å².